The van der Waals surface area contributed by atoms with Crippen molar-refractivity contribution < 1.29 is 4.79 Å². The van der Waals surface area contributed by atoms with E-state index in [1.807, 2.05) is 38.1 Å². The number of benzene rings is 1. The molecule has 0 radical (unpaired) electrons. The number of hydrogen-bond acceptors (Lipinski definition) is 3. The summed E-state index contributed by atoms with van der Waals surface area (Å²) in [7, 11) is 0. The van der Waals surface area contributed by atoms with Gasteiger partial charge in [0.1, 0.15) is 0 Å². The van der Waals surface area contributed by atoms with Gasteiger partial charge in [-0.2, -0.15) is 0 Å². The lowest BCUT2D eigenvalue weighted by molar-refractivity contribution is -0.122. The van der Waals surface area contributed by atoms with Crippen molar-refractivity contribution >= 4 is 33.6 Å². The van der Waals surface area contributed by atoms with E-state index in [1.54, 1.807) is 11.8 Å². The minimum atomic E-state index is -0.486. The molecule has 5 heteroatoms. The maximum atomic E-state index is 12.3. The number of amides is 1. The smallest absolute Gasteiger partial charge is 0.236 e. The molecule has 1 atom stereocenters. The van der Waals surface area contributed by atoms with Crippen molar-refractivity contribution in [2.75, 3.05) is 13.1 Å². The van der Waals surface area contributed by atoms with E-state index in [1.165, 1.54) is 0 Å². The molecule has 112 valence electrons. The van der Waals surface area contributed by atoms with Crippen LogP contribution in [0, 0.1) is 0 Å². The zero-order valence-corrected chi connectivity index (χ0v) is 14.9. The molecule has 0 aromatic heterocycles. The first-order valence-corrected chi connectivity index (χ1v) is 8.42. The monoisotopic (exact) mass is 358 g/mol. The van der Waals surface area contributed by atoms with Crippen molar-refractivity contribution in [1.29, 1.82) is 0 Å². The SMILES string of the molecule is CCN[C@H](C)CNC(=O)C(C)(C)Sc1ccc(Br)cc1. The van der Waals surface area contributed by atoms with E-state index in [9.17, 15) is 4.79 Å². The topological polar surface area (TPSA) is 41.1 Å². The Morgan fingerprint density at radius 2 is 1.95 bits per heavy atom. The molecule has 0 bridgehead atoms. The molecule has 0 saturated heterocycles. The highest BCUT2D eigenvalue weighted by Gasteiger charge is 2.28. The van der Waals surface area contributed by atoms with Crippen LogP contribution in [0.4, 0.5) is 0 Å². The molecule has 1 rings (SSSR count). The second kappa shape index (κ2) is 8.05. The van der Waals surface area contributed by atoms with Gasteiger partial charge in [0.25, 0.3) is 0 Å². The van der Waals surface area contributed by atoms with Gasteiger partial charge in [-0.15, -0.1) is 11.8 Å². The summed E-state index contributed by atoms with van der Waals surface area (Å²) >= 11 is 4.99. The van der Waals surface area contributed by atoms with Crippen molar-refractivity contribution in [3.63, 3.8) is 0 Å². The Morgan fingerprint density at radius 3 is 2.50 bits per heavy atom. The number of nitrogens with one attached hydrogen (secondary N) is 2. The molecule has 1 amide bonds. The number of carbonyl (C=O) groups is 1. The van der Waals surface area contributed by atoms with Crippen LogP contribution in [-0.2, 0) is 4.79 Å². The van der Waals surface area contributed by atoms with E-state index >= 15 is 0 Å². The summed E-state index contributed by atoms with van der Waals surface area (Å²) < 4.78 is 0.559. The first-order chi connectivity index (χ1) is 9.35. The standard InChI is InChI=1S/C15H23BrN2OS/c1-5-17-11(2)10-18-14(19)15(3,4)20-13-8-6-12(16)7-9-13/h6-9,11,17H,5,10H2,1-4H3,(H,18,19)/t11-/m1/s1. The van der Waals surface area contributed by atoms with Gasteiger partial charge in [-0.1, -0.05) is 22.9 Å². The molecule has 0 aliphatic carbocycles. The van der Waals surface area contributed by atoms with Gasteiger partial charge < -0.3 is 10.6 Å². The van der Waals surface area contributed by atoms with E-state index < -0.39 is 4.75 Å². The van der Waals surface area contributed by atoms with E-state index in [-0.39, 0.29) is 11.9 Å². The Labute approximate surface area is 134 Å². The molecule has 3 nitrogen and oxygen atoms in total. The number of hydrogen-bond donors (Lipinski definition) is 2. The van der Waals surface area contributed by atoms with Crippen LogP contribution in [0.15, 0.2) is 33.6 Å². The number of carbonyl (C=O) groups excluding carboxylic acids is 1. The summed E-state index contributed by atoms with van der Waals surface area (Å²) in [6.45, 7) is 9.59. The first-order valence-electron chi connectivity index (χ1n) is 6.81. The van der Waals surface area contributed by atoms with Gasteiger partial charge in [0, 0.05) is 22.0 Å². The van der Waals surface area contributed by atoms with E-state index in [2.05, 4.69) is 40.4 Å². The molecule has 0 aliphatic rings. The Hall–Kier alpha value is -0.520. The van der Waals surface area contributed by atoms with Crippen LogP contribution < -0.4 is 10.6 Å². The highest BCUT2D eigenvalue weighted by molar-refractivity contribution is 9.10. The average Bonchev–Trinajstić information content (AvgIpc) is 2.38. The lowest BCUT2D eigenvalue weighted by Gasteiger charge is -2.24. The molecule has 2 N–H and O–H groups in total. The van der Waals surface area contributed by atoms with Crippen LogP contribution in [0.25, 0.3) is 0 Å². The maximum absolute atomic E-state index is 12.3. The molecule has 0 saturated carbocycles. The second-order valence-corrected chi connectivity index (χ2v) is 7.85. The summed E-state index contributed by atoms with van der Waals surface area (Å²) in [5.74, 6) is 0.0650. The lowest BCUT2D eigenvalue weighted by Crippen LogP contribution is -2.45. The lowest BCUT2D eigenvalue weighted by atomic mass is 10.2. The summed E-state index contributed by atoms with van der Waals surface area (Å²) in [5.41, 5.74) is 0. The normalized spacial score (nSPS) is 13.1. The zero-order chi connectivity index (χ0) is 15.2. The van der Waals surface area contributed by atoms with E-state index in [0.29, 0.717) is 6.54 Å². The van der Waals surface area contributed by atoms with Gasteiger partial charge in [-0.25, -0.2) is 0 Å². The number of halogens is 1. The predicted molar refractivity (Wildman–Crippen MR) is 90.2 cm³/mol. The molecular weight excluding hydrogens is 336 g/mol. The fourth-order valence-corrected chi connectivity index (χ4v) is 3.01. The molecule has 1 aromatic carbocycles. The van der Waals surface area contributed by atoms with Crippen molar-refractivity contribution in [2.24, 2.45) is 0 Å². The van der Waals surface area contributed by atoms with Crippen LogP contribution in [-0.4, -0.2) is 29.8 Å². The van der Waals surface area contributed by atoms with Crippen LogP contribution in [0.2, 0.25) is 0 Å². The Kier molecular flexibility index (Phi) is 7.06. The Balaban J connectivity index is 2.54. The minimum absolute atomic E-state index is 0.0650. The zero-order valence-electron chi connectivity index (χ0n) is 12.5. The summed E-state index contributed by atoms with van der Waals surface area (Å²) in [6, 6.07) is 8.31. The van der Waals surface area contributed by atoms with Gasteiger partial charge in [0.15, 0.2) is 0 Å². The van der Waals surface area contributed by atoms with Gasteiger partial charge in [-0.3, -0.25) is 4.79 Å². The van der Waals surface area contributed by atoms with Gasteiger partial charge in [-0.05, 0) is 51.6 Å². The molecule has 0 aliphatic heterocycles. The summed E-state index contributed by atoms with van der Waals surface area (Å²) in [4.78, 5) is 13.4. The van der Waals surface area contributed by atoms with Crippen molar-refractivity contribution in [3.05, 3.63) is 28.7 Å². The number of rotatable bonds is 7. The van der Waals surface area contributed by atoms with Crippen LogP contribution in [0.3, 0.4) is 0 Å². The highest BCUT2D eigenvalue weighted by atomic mass is 79.9. The third kappa shape index (κ3) is 5.85. The third-order valence-corrected chi connectivity index (χ3v) is 4.59. The van der Waals surface area contributed by atoms with E-state index in [0.717, 1.165) is 15.9 Å². The molecular formula is C15H23BrN2OS. The fraction of sp³-hybridized carbons (Fsp3) is 0.533. The van der Waals surface area contributed by atoms with Crippen LogP contribution >= 0.6 is 27.7 Å². The summed E-state index contributed by atoms with van der Waals surface area (Å²) in [5, 5.41) is 6.29. The molecule has 1 aromatic rings. The molecule has 0 fully saturated rings. The number of thioether (sulfide) groups is 1. The first kappa shape index (κ1) is 17.5. The quantitative estimate of drug-likeness (QED) is 0.733. The summed E-state index contributed by atoms with van der Waals surface area (Å²) in [6.07, 6.45) is 0. The third-order valence-electron chi connectivity index (χ3n) is 2.85. The minimum Gasteiger partial charge on any atom is -0.353 e. The molecule has 0 unspecified atom stereocenters. The van der Waals surface area contributed by atoms with Gasteiger partial charge in [0.05, 0.1) is 4.75 Å². The van der Waals surface area contributed by atoms with Crippen LogP contribution in [0.5, 0.6) is 0 Å². The van der Waals surface area contributed by atoms with Gasteiger partial charge >= 0.3 is 0 Å². The number of likely N-dealkylation sites (N-methyl/N-ethyl adjacent to an activating group) is 1. The Bertz CT molecular complexity index is 434. The highest BCUT2D eigenvalue weighted by Crippen LogP contribution is 2.33. The van der Waals surface area contributed by atoms with Crippen molar-refractivity contribution in [2.45, 2.75) is 43.4 Å². The average molecular weight is 359 g/mol. The van der Waals surface area contributed by atoms with Crippen molar-refractivity contribution in [1.82, 2.24) is 10.6 Å². The Morgan fingerprint density at radius 1 is 1.35 bits per heavy atom. The van der Waals surface area contributed by atoms with E-state index in [4.69, 9.17) is 0 Å². The van der Waals surface area contributed by atoms with Gasteiger partial charge in [0.2, 0.25) is 5.91 Å². The predicted octanol–water partition coefficient (Wildman–Crippen LogP) is 3.43. The van der Waals surface area contributed by atoms with Crippen LogP contribution in [0.1, 0.15) is 27.7 Å². The molecule has 0 heterocycles. The second-order valence-electron chi connectivity index (χ2n) is 5.24. The molecule has 20 heavy (non-hydrogen) atoms. The fourth-order valence-electron chi connectivity index (χ4n) is 1.72. The van der Waals surface area contributed by atoms with Crippen molar-refractivity contribution in [3.8, 4) is 0 Å². The largest absolute Gasteiger partial charge is 0.353 e. The molecule has 0 spiro atoms. The maximum Gasteiger partial charge on any atom is 0.236 e.